The van der Waals surface area contributed by atoms with E-state index in [0.29, 0.717) is 25.5 Å². The molecular weight excluding hydrogens is 467 g/mol. The normalized spacial score (nSPS) is 26.2. The second kappa shape index (κ2) is 10.2. The Kier molecular flexibility index (Phi) is 7.47. The van der Waals surface area contributed by atoms with Crippen LogP contribution in [0.25, 0.3) is 0 Å². The lowest BCUT2D eigenvalue weighted by Crippen LogP contribution is -2.43. The fraction of sp³-hybridized carbons (Fsp3) is 0.500. The monoisotopic (exact) mass is 496 g/mol. The van der Waals surface area contributed by atoms with Gasteiger partial charge in [-0.1, -0.05) is 12.1 Å². The number of likely N-dealkylation sites (tertiary alicyclic amines) is 1. The fourth-order valence-electron chi connectivity index (χ4n) is 5.59. The minimum absolute atomic E-state index is 0.0795. The second-order valence-corrected chi connectivity index (χ2v) is 9.56. The van der Waals surface area contributed by atoms with E-state index < -0.39 is 23.7 Å². The maximum absolute atomic E-state index is 14.0. The molecule has 35 heavy (non-hydrogen) atoms. The Hall–Kier alpha value is -2.52. The number of rotatable bonds is 7. The minimum atomic E-state index is -4.67. The molecule has 4 nitrogen and oxygen atoms in total. The van der Waals surface area contributed by atoms with Crippen molar-refractivity contribution >= 4 is 5.91 Å². The molecule has 0 aromatic heterocycles. The highest BCUT2D eigenvalue weighted by Gasteiger charge is 2.42. The van der Waals surface area contributed by atoms with Crippen LogP contribution in [0, 0.1) is 17.6 Å². The van der Waals surface area contributed by atoms with Gasteiger partial charge in [0, 0.05) is 12.5 Å². The Morgan fingerprint density at radius 2 is 1.80 bits per heavy atom. The molecule has 2 N–H and O–H groups in total. The number of benzene rings is 2. The van der Waals surface area contributed by atoms with Gasteiger partial charge in [0.1, 0.15) is 11.6 Å². The molecule has 1 aliphatic carbocycles. The average molecular weight is 497 g/mol. The highest BCUT2D eigenvalue weighted by Crippen LogP contribution is 2.45. The summed E-state index contributed by atoms with van der Waals surface area (Å²) in [6.07, 6.45) is -2.85. The summed E-state index contributed by atoms with van der Waals surface area (Å²) in [7, 11) is 0. The van der Waals surface area contributed by atoms with Gasteiger partial charge in [-0.15, -0.1) is 0 Å². The number of carbonyl (C=O) groups excluding carboxylic acids is 1. The highest BCUT2D eigenvalue weighted by atomic mass is 19.4. The third-order valence-corrected chi connectivity index (χ3v) is 7.24. The molecule has 2 aliphatic rings. The largest absolute Gasteiger partial charge is 0.416 e. The summed E-state index contributed by atoms with van der Waals surface area (Å²) in [5, 5.41) is 0. The van der Waals surface area contributed by atoms with Crippen LogP contribution in [0.2, 0.25) is 0 Å². The average Bonchev–Trinajstić information content (AvgIpc) is 3.41. The summed E-state index contributed by atoms with van der Waals surface area (Å²) < 4.78 is 73.4. The van der Waals surface area contributed by atoms with Gasteiger partial charge in [-0.25, -0.2) is 8.78 Å². The van der Waals surface area contributed by atoms with Gasteiger partial charge in [-0.2, -0.15) is 13.2 Å². The van der Waals surface area contributed by atoms with E-state index in [9.17, 15) is 26.7 Å². The molecule has 0 bridgehead atoms. The fourth-order valence-corrected chi connectivity index (χ4v) is 5.59. The molecule has 9 heteroatoms. The summed E-state index contributed by atoms with van der Waals surface area (Å²) in [5.41, 5.74) is 5.48. The number of hydrogen-bond donors (Lipinski definition) is 1. The molecule has 5 atom stereocenters. The van der Waals surface area contributed by atoms with Crippen molar-refractivity contribution in [3.63, 3.8) is 0 Å². The van der Waals surface area contributed by atoms with Crippen LogP contribution in [0.5, 0.6) is 0 Å². The molecule has 4 rings (SSSR count). The molecule has 0 unspecified atom stereocenters. The number of halogens is 5. The number of amides is 1. The molecule has 190 valence electrons. The van der Waals surface area contributed by atoms with Crippen LogP contribution >= 0.6 is 0 Å². The van der Waals surface area contributed by atoms with Crippen molar-refractivity contribution < 1.29 is 31.5 Å². The van der Waals surface area contributed by atoms with E-state index in [1.807, 2.05) is 0 Å². The minimum Gasteiger partial charge on any atom is -0.370 e. The van der Waals surface area contributed by atoms with E-state index in [-0.39, 0.29) is 41.3 Å². The quantitative estimate of drug-likeness (QED) is 0.510. The van der Waals surface area contributed by atoms with Crippen LogP contribution < -0.4 is 5.73 Å². The van der Waals surface area contributed by atoms with Crippen LogP contribution in [-0.2, 0) is 15.7 Å². The lowest BCUT2D eigenvalue weighted by molar-refractivity contribution is -0.138. The molecule has 2 aromatic carbocycles. The summed E-state index contributed by atoms with van der Waals surface area (Å²) in [5.74, 6) is -1.79. The van der Waals surface area contributed by atoms with Gasteiger partial charge in [0.25, 0.3) is 0 Å². The lowest BCUT2D eigenvalue weighted by atomic mass is 9.86. The number of ether oxygens (including phenoxy) is 1. The molecular formula is C26H29F5N2O2. The van der Waals surface area contributed by atoms with E-state index >= 15 is 0 Å². The smallest absolute Gasteiger partial charge is 0.370 e. The first-order chi connectivity index (χ1) is 16.5. The van der Waals surface area contributed by atoms with Gasteiger partial charge in [0.2, 0.25) is 5.91 Å². The maximum Gasteiger partial charge on any atom is 0.416 e. The van der Waals surface area contributed by atoms with Crippen LogP contribution in [0.4, 0.5) is 22.0 Å². The molecule has 1 saturated carbocycles. The number of primary amides is 1. The Labute approximate surface area is 201 Å². The van der Waals surface area contributed by atoms with Crippen molar-refractivity contribution in [3.8, 4) is 0 Å². The predicted molar refractivity (Wildman–Crippen MR) is 120 cm³/mol. The molecule has 1 amide bonds. The first-order valence-electron chi connectivity index (χ1n) is 11.8. The maximum atomic E-state index is 14.0. The van der Waals surface area contributed by atoms with Gasteiger partial charge in [-0.05, 0) is 86.5 Å². The molecule has 2 fully saturated rings. The molecule has 2 aromatic rings. The van der Waals surface area contributed by atoms with E-state index in [1.165, 1.54) is 12.1 Å². The topological polar surface area (TPSA) is 55.6 Å². The highest BCUT2D eigenvalue weighted by molar-refractivity contribution is 5.80. The molecule has 1 heterocycles. The third kappa shape index (κ3) is 5.83. The number of nitrogens with zero attached hydrogens (tertiary/aromatic N) is 1. The van der Waals surface area contributed by atoms with Crippen molar-refractivity contribution in [1.82, 2.24) is 4.90 Å². The zero-order valence-electron chi connectivity index (χ0n) is 19.4. The van der Waals surface area contributed by atoms with Crippen LogP contribution in [-0.4, -0.2) is 36.0 Å². The second-order valence-electron chi connectivity index (χ2n) is 9.56. The van der Waals surface area contributed by atoms with Gasteiger partial charge in [0.05, 0.1) is 23.8 Å². The van der Waals surface area contributed by atoms with E-state index in [1.54, 1.807) is 19.1 Å². The van der Waals surface area contributed by atoms with Crippen molar-refractivity contribution in [2.24, 2.45) is 11.7 Å². The zero-order chi connectivity index (χ0) is 25.3. The first-order valence-corrected chi connectivity index (χ1v) is 11.8. The van der Waals surface area contributed by atoms with Crippen LogP contribution in [0.15, 0.2) is 42.5 Å². The van der Waals surface area contributed by atoms with Gasteiger partial charge < -0.3 is 10.5 Å². The Morgan fingerprint density at radius 3 is 2.46 bits per heavy atom. The molecule has 1 aliphatic heterocycles. The number of alkyl halides is 3. The van der Waals surface area contributed by atoms with Gasteiger partial charge >= 0.3 is 6.18 Å². The van der Waals surface area contributed by atoms with E-state index in [2.05, 4.69) is 4.90 Å². The van der Waals surface area contributed by atoms with Crippen molar-refractivity contribution in [2.45, 2.75) is 63.0 Å². The summed E-state index contributed by atoms with van der Waals surface area (Å²) >= 11 is 0. The SMILES string of the molecule is C[C@@H](O[C@H]1CC[C@H](CN2CCC[C@@H]2C(N)=O)[C@H]1c1ccc(F)cc1)c1cc(F)cc(C(F)(F)F)c1. The van der Waals surface area contributed by atoms with Crippen LogP contribution in [0.3, 0.4) is 0 Å². The van der Waals surface area contributed by atoms with Gasteiger partial charge in [0.15, 0.2) is 0 Å². The molecule has 1 saturated heterocycles. The Bertz CT molecular complexity index is 1040. The van der Waals surface area contributed by atoms with E-state index in [4.69, 9.17) is 10.5 Å². The van der Waals surface area contributed by atoms with Crippen molar-refractivity contribution in [3.05, 3.63) is 70.8 Å². The van der Waals surface area contributed by atoms with Gasteiger partial charge in [-0.3, -0.25) is 9.69 Å². The van der Waals surface area contributed by atoms with Crippen molar-refractivity contribution in [2.75, 3.05) is 13.1 Å². The summed E-state index contributed by atoms with van der Waals surface area (Å²) in [6.45, 7) is 2.97. The molecule has 0 spiro atoms. The molecule has 0 radical (unpaired) electrons. The Balaban J connectivity index is 1.57. The summed E-state index contributed by atoms with van der Waals surface area (Å²) in [6, 6.07) is 8.24. The Morgan fingerprint density at radius 1 is 1.09 bits per heavy atom. The zero-order valence-corrected chi connectivity index (χ0v) is 19.4. The van der Waals surface area contributed by atoms with E-state index in [0.717, 1.165) is 37.1 Å². The summed E-state index contributed by atoms with van der Waals surface area (Å²) in [4.78, 5) is 14.0. The lowest BCUT2D eigenvalue weighted by Gasteiger charge is -2.32. The predicted octanol–water partition coefficient (Wildman–Crippen LogP) is 5.57. The number of nitrogens with two attached hydrogens (primary N) is 1. The number of hydrogen-bond acceptors (Lipinski definition) is 3. The number of carbonyl (C=O) groups is 1. The standard InChI is InChI=1S/C26H29F5N2O2/c1-15(18-11-19(26(29,30)31)13-21(28)12-18)35-23-9-6-17(14-33-10-2-3-22(33)25(32)34)24(23)16-4-7-20(27)8-5-16/h4-5,7-8,11-13,15,17,22-24H,2-3,6,9-10,14H2,1H3,(H2,32,34)/t15-,17-,22-,23+,24-/m1/s1. The van der Waals surface area contributed by atoms with Crippen molar-refractivity contribution in [1.29, 1.82) is 0 Å². The first kappa shape index (κ1) is 25.6. The third-order valence-electron chi connectivity index (χ3n) is 7.24. The van der Waals surface area contributed by atoms with Crippen LogP contribution in [0.1, 0.15) is 61.3 Å².